The van der Waals surface area contributed by atoms with Gasteiger partial charge in [0, 0.05) is 0 Å². The van der Waals surface area contributed by atoms with Crippen LogP contribution in [0, 0.1) is 11.8 Å². The first kappa shape index (κ1) is 20.6. The quantitative estimate of drug-likeness (QED) is 0.423. The molecule has 1 aliphatic rings. The second kappa shape index (κ2) is 11.7. The number of rotatable bonds is 7. The van der Waals surface area contributed by atoms with E-state index in [-0.39, 0.29) is 12.5 Å². The second-order valence-electron chi connectivity index (χ2n) is 6.36. The normalized spacial score (nSPS) is 14.6. The van der Waals surface area contributed by atoms with E-state index < -0.39 is 0 Å². The highest BCUT2D eigenvalue weighted by Gasteiger charge is 2.09. The molecule has 0 atom stereocenters. The minimum absolute atomic E-state index is 0.0615. The van der Waals surface area contributed by atoms with Gasteiger partial charge in [0.05, 0.1) is 12.3 Å². The number of benzene rings is 1. The Morgan fingerprint density at radius 3 is 2.71 bits per heavy atom. The summed E-state index contributed by atoms with van der Waals surface area (Å²) in [7, 11) is 0. The van der Waals surface area contributed by atoms with Gasteiger partial charge in [0.15, 0.2) is 10.9 Å². The smallest absolute Gasteiger partial charge is 0.264 e. The Kier molecular flexibility index (Phi) is 8.62. The summed E-state index contributed by atoms with van der Waals surface area (Å²) in [5, 5.41) is 11.3. The van der Waals surface area contributed by atoms with Crippen molar-refractivity contribution in [3.05, 3.63) is 30.3 Å². The Hall–Kier alpha value is -2.08. The molecule has 148 valence electrons. The number of anilines is 1. The number of thioether (sulfide) groups is 1. The molecule has 1 aromatic carbocycles. The van der Waals surface area contributed by atoms with Gasteiger partial charge in [-0.2, -0.15) is 0 Å². The lowest BCUT2D eigenvalue weighted by Gasteiger charge is -2.15. The van der Waals surface area contributed by atoms with Crippen molar-refractivity contribution >= 4 is 34.1 Å². The van der Waals surface area contributed by atoms with Crippen molar-refractivity contribution in [1.29, 1.82) is 0 Å². The Balaban J connectivity index is 1.34. The highest BCUT2D eigenvalue weighted by Crippen LogP contribution is 2.25. The van der Waals surface area contributed by atoms with Crippen LogP contribution in [0.1, 0.15) is 25.7 Å². The van der Waals surface area contributed by atoms with Crippen LogP contribution >= 0.6 is 23.1 Å². The highest BCUT2D eigenvalue weighted by molar-refractivity contribution is 8.01. The molecule has 1 saturated heterocycles. The van der Waals surface area contributed by atoms with Gasteiger partial charge in [-0.1, -0.05) is 66.0 Å². The predicted molar refractivity (Wildman–Crippen MR) is 114 cm³/mol. The highest BCUT2D eigenvalue weighted by atomic mass is 32.2. The number of nitrogens with one attached hydrogen (secondary N) is 1. The third-order valence-electron chi connectivity index (χ3n) is 4.16. The molecule has 0 radical (unpaired) electrons. The first-order chi connectivity index (χ1) is 13.8. The maximum atomic E-state index is 11.9. The molecule has 2 heterocycles. The molecule has 1 aliphatic heterocycles. The van der Waals surface area contributed by atoms with Crippen molar-refractivity contribution in [1.82, 2.24) is 15.1 Å². The fourth-order valence-corrected chi connectivity index (χ4v) is 4.29. The van der Waals surface area contributed by atoms with Gasteiger partial charge in [-0.3, -0.25) is 15.0 Å². The first-order valence-electron chi connectivity index (χ1n) is 9.42. The number of para-hydroxylation sites is 1. The number of likely N-dealkylation sites (tertiary alicyclic amines) is 1. The lowest BCUT2D eigenvalue weighted by molar-refractivity contribution is -0.118. The summed E-state index contributed by atoms with van der Waals surface area (Å²) in [5.74, 6) is 7.52. The molecule has 0 unspecified atom stereocenters. The van der Waals surface area contributed by atoms with Crippen molar-refractivity contribution in [3.8, 4) is 17.6 Å². The van der Waals surface area contributed by atoms with Gasteiger partial charge in [0.25, 0.3) is 5.91 Å². The average Bonchev–Trinajstić information content (AvgIpc) is 2.99. The van der Waals surface area contributed by atoms with Crippen LogP contribution in [0.3, 0.4) is 0 Å². The van der Waals surface area contributed by atoms with E-state index >= 15 is 0 Å². The zero-order valence-electron chi connectivity index (χ0n) is 15.7. The monoisotopic (exact) mass is 416 g/mol. The molecule has 2 aromatic rings. The van der Waals surface area contributed by atoms with Crippen molar-refractivity contribution < 1.29 is 9.53 Å². The molecule has 28 heavy (non-hydrogen) atoms. The Labute approximate surface area is 174 Å². The molecular weight excluding hydrogens is 392 g/mol. The molecule has 1 fully saturated rings. The molecule has 0 bridgehead atoms. The number of amides is 1. The zero-order valence-corrected chi connectivity index (χ0v) is 17.4. The molecule has 3 rings (SSSR count). The maximum Gasteiger partial charge on any atom is 0.264 e. The number of aromatic nitrogens is 2. The standard InChI is InChI=1S/C20H24N4O2S2/c25-18(16-26-17-10-4-3-5-11-17)21-19-22-23-20(28-19)27-15-9-8-14-24-12-6-1-2-7-13-24/h3-5,10-11H,1-2,6-7,12-16H2,(H,21,22,25). The fourth-order valence-electron chi connectivity index (χ4n) is 2.75. The van der Waals surface area contributed by atoms with Gasteiger partial charge in [-0.05, 0) is 38.1 Å². The largest absolute Gasteiger partial charge is 0.484 e. The summed E-state index contributed by atoms with van der Waals surface area (Å²) in [6.45, 7) is 3.11. The molecule has 1 N–H and O–H groups in total. The van der Waals surface area contributed by atoms with E-state index in [0.717, 1.165) is 24.0 Å². The third kappa shape index (κ3) is 7.50. The number of carbonyl (C=O) groups excluding carboxylic acids is 1. The zero-order chi connectivity index (χ0) is 19.4. The molecule has 1 amide bonds. The first-order valence-corrected chi connectivity index (χ1v) is 11.2. The summed E-state index contributed by atoms with van der Waals surface area (Å²) in [6.07, 6.45) is 5.25. The van der Waals surface area contributed by atoms with Gasteiger partial charge in [0.1, 0.15) is 5.75 Å². The molecule has 8 heteroatoms. The van der Waals surface area contributed by atoms with E-state index in [1.165, 1.54) is 48.8 Å². The van der Waals surface area contributed by atoms with Crippen molar-refractivity contribution in [3.63, 3.8) is 0 Å². The molecule has 1 aromatic heterocycles. The summed E-state index contributed by atoms with van der Waals surface area (Å²) in [4.78, 5) is 14.4. The number of ether oxygens (including phenoxy) is 1. The Morgan fingerprint density at radius 1 is 1.14 bits per heavy atom. The lowest BCUT2D eigenvalue weighted by Crippen LogP contribution is -2.24. The molecule has 0 saturated carbocycles. The number of hydrogen-bond acceptors (Lipinski definition) is 7. The maximum absolute atomic E-state index is 11.9. The minimum atomic E-state index is -0.256. The van der Waals surface area contributed by atoms with Crippen LogP contribution in [0.2, 0.25) is 0 Å². The third-order valence-corrected chi connectivity index (χ3v) is 6.01. The topological polar surface area (TPSA) is 67.3 Å². The summed E-state index contributed by atoms with van der Waals surface area (Å²) in [5.41, 5.74) is 0. The van der Waals surface area contributed by atoms with Crippen LogP contribution in [0.15, 0.2) is 34.7 Å². The van der Waals surface area contributed by atoms with Crippen molar-refractivity contribution in [2.75, 3.05) is 37.3 Å². The fraction of sp³-hybridized carbons (Fsp3) is 0.450. The van der Waals surface area contributed by atoms with Gasteiger partial charge < -0.3 is 4.74 Å². The molecular formula is C20H24N4O2S2. The number of hydrogen-bond donors (Lipinski definition) is 1. The van der Waals surface area contributed by atoms with Crippen LogP contribution in [-0.4, -0.2) is 53.0 Å². The number of nitrogens with zero attached hydrogens (tertiary/aromatic N) is 3. The summed E-state index contributed by atoms with van der Waals surface area (Å²) in [6, 6.07) is 9.23. The van der Waals surface area contributed by atoms with Crippen LogP contribution in [0.4, 0.5) is 5.13 Å². The van der Waals surface area contributed by atoms with E-state index in [0.29, 0.717) is 16.6 Å². The molecule has 6 nitrogen and oxygen atoms in total. The van der Waals surface area contributed by atoms with E-state index in [1.54, 1.807) is 12.1 Å². The van der Waals surface area contributed by atoms with E-state index in [2.05, 4.69) is 32.3 Å². The van der Waals surface area contributed by atoms with Gasteiger partial charge in [-0.25, -0.2) is 0 Å². The summed E-state index contributed by atoms with van der Waals surface area (Å²) < 4.78 is 6.21. The van der Waals surface area contributed by atoms with Crippen LogP contribution < -0.4 is 10.1 Å². The van der Waals surface area contributed by atoms with Crippen LogP contribution in [-0.2, 0) is 4.79 Å². The average molecular weight is 417 g/mol. The molecule has 0 aliphatic carbocycles. The van der Waals surface area contributed by atoms with E-state index in [1.807, 2.05) is 18.2 Å². The lowest BCUT2D eigenvalue weighted by atomic mass is 10.2. The number of carbonyl (C=O) groups is 1. The van der Waals surface area contributed by atoms with Crippen LogP contribution in [0.25, 0.3) is 0 Å². The van der Waals surface area contributed by atoms with Crippen LogP contribution in [0.5, 0.6) is 5.75 Å². The second-order valence-corrected chi connectivity index (χ2v) is 8.56. The van der Waals surface area contributed by atoms with Crippen molar-refractivity contribution in [2.45, 2.75) is 30.0 Å². The minimum Gasteiger partial charge on any atom is -0.484 e. The SMILES string of the molecule is O=C(COc1ccccc1)Nc1nnc(SCC#CCN2CCCCCC2)s1. The summed E-state index contributed by atoms with van der Waals surface area (Å²) >= 11 is 2.89. The molecule has 0 spiro atoms. The Morgan fingerprint density at radius 2 is 1.93 bits per heavy atom. The van der Waals surface area contributed by atoms with Crippen molar-refractivity contribution in [2.24, 2.45) is 0 Å². The predicted octanol–water partition coefficient (Wildman–Crippen LogP) is 3.53. The van der Waals surface area contributed by atoms with Gasteiger partial charge >= 0.3 is 0 Å². The van der Waals surface area contributed by atoms with Gasteiger partial charge in [-0.15, -0.1) is 10.2 Å². The van der Waals surface area contributed by atoms with E-state index in [4.69, 9.17) is 4.74 Å². The Bertz CT molecular complexity index is 793. The van der Waals surface area contributed by atoms with E-state index in [9.17, 15) is 4.79 Å². The van der Waals surface area contributed by atoms with Gasteiger partial charge in [0.2, 0.25) is 5.13 Å².